The highest BCUT2D eigenvalue weighted by atomic mass is 32.2. The standard InChI is InChI=1S/C9H9NO4S/c11-8(6-1-2-14-3-6)10-5-15-4-7(10)9(12)13/h1-3,7H,4-5H2,(H,12,13). The molecule has 1 amide bonds. The smallest absolute Gasteiger partial charge is 0.327 e. The molecular formula is C9H9NO4S. The molecule has 1 aliphatic rings. The first kappa shape index (κ1) is 10.1. The predicted molar refractivity (Wildman–Crippen MR) is 53.6 cm³/mol. The van der Waals surface area contributed by atoms with Crippen LogP contribution in [0.15, 0.2) is 23.0 Å². The number of rotatable bonds is 2. The number of aliphatic carboxylic acids is 1. The Morgan fingerprint density at radius 1 is 1.60 bits per heavy atom. The summed E-state index contributed by atoms with van der Waals surface area (Å²) in [5.41, 5.74) is 0.392. The van der Waals surface area contributed by atoms with Crippen molar-refractivity contribution in [3.63, 3.8) is 0 Å². The summed E-state index contributed by atoms with van der Waals surface area (Å²) in [4.78, 5) is 24.0. The van der Waals surface area contributed by atoms with Crippen molar-refractivity contribution in [3.8, 4) is 0 Å². The van der Waals surface area contributed by atoms with Crippen LogP contribution in [0.25, 0.3) is 0 Å². The second-order valence-electron chi connectivity index (χ2n) is 3.14. The largest absolute Gasteiger partial charge is 0.480 e. The van der Waals surface area contributed by atoms with E-state index >= 15 is 0 Å². The maximum Gasteiger partial charge on any atom is 0.327 e. The summed E-state index contributed by atoms with van der Waals surface area (Å²) in [5, 5.41) is 8.90. The third-order valence-electron chi connectivity index (χ3n) is 2.20. The monoisotopic (exact) mass is 227 g/mol. The fourth-order valence-electron chi connectivity index (χ4n) is 1.40. The van der Waals surface area contributed by atoms with E-state index < -0.39 is 12.0 Å². The highest BCUT2D eigenvalue weighted by Crippen LogP contribution is 2.23. The first-order valence-corrected chi connectivity index (χ1v) is 5.49. The molecule has 1 unspecified atom stereocenters. The van der Waals surface area contributed by atoms with Crippen LogP contribution in [0.3, 0.4) is 0 Å². The van der Waals surface area contributed by atoms with Gasteiger partial charge in [0.1, 0.15) is 12.3 Å². The van der Waals surface area contributed by atoms with Crippen LogP contribution in [0.2, 0.25) is 0 Å². The van der Waals surface area contributed by atoms with Crippen molar-refractivity contribution in [2.75, 3.05) is 11.6 Å². The van der Waals surface area contributed by atoms with Crippen LogP contribution in [-0.2, 0) is 4.79 Å². The number of thioether (sulfide) groups is 1. The quantitative estimate of drug-likeness (QED) is 0.812. The Bertz CT molecular complexity index is 375. The molecule has 80 valence electrons. The minimum Gasteiger partial charge on any atom is -0.480 e. The molecule has 1 aromatic heterocycles. The number of furan rings is 1. The van der Waals surface area contributed by atoms with Gasteiger partial charge in [0.15, 0.2) is 0 Å². The van der Waals surface area contributed by atoms with Crippen LogP contribution in [0, 0.1) is 0 Å². The summed E-state index contributed by atoms with van der Waals surface area (Å²) in [6, 6.07) is 0.807. The summed E-state index contributed by atoms with van der Waals surface area (Å²) in [6.45, 7) is 0. The van der Waals surface area contributed by atoms with Gasteiger partial charge in [-0.3, -0.25) is 4.79 Å². The molecule has 6 heteroatoms. The van der Waals surface area contributed by atoms with E-state index in [4.69, 9.17) is 9.52 Å². The molecule has 0 radical (unpaired) electrons. The molecule has 1 aliphatic heterocycles. The van der Waals surface area contributed by atoms with E-state index in [2.05, 4.69) is 0 Å². The first-order chi connectivity index (χ1) is 7.20. The van der Waals surface area contributed by atoms with Crippen LogP contribution in [0.1, 0.15) is 10.4 Å². The second-order valence-corrected chi connectivity index (χ2v) is 4.14. The number of carboxylic acids is 1. The summed E-state index contributed by atoms with van der Waals surface area (Å²) in [5.74, 6) is -0.391. The highest BCUT2D eigenvalue weighted by Gasteiger charge is 2.35. The molecule has 0 bridgehead atoms. The van der Waals surface area contributed by atoms with E-state index in [1.54, 1.807) is 0 Å². The van der Waals surface area contributed by atoms with Gasteiger partial charge in [-0.25, -0.2) is 4.79 Å². The van der Waals surface area contributed by atoms with E-state index in [1.165, 1.54) is 35.3 Å². The number of carbonyl (C=O) groups excluding carboxylic acids is 1. The minimum absolute atomic E-state index is 0.291. The Labute approximate surface area is 90.0 Å². The van der Waals surface area contributed by atoms with Gasteiger partial charge in [-0.1, -0.05) is 0 Å². The number of carboxylic acid groups (broad SMARTS) is 1. The lowest BCUT2D eigenvalue weighted by Crippen LogP contribution is -2.41. The average molecular weight is 227 g/mol. The normalized spacial score (nSPS) is 20.5. The molecule has 1 atom stereocenters. The van der Waals surface area contributed by atoms with E-state index in [-0.39, 0.29) is 5.91 Å². The van der Waals surface area contributed by atoms with Crippen molar-refractivity contribution in [1.29, 1.82) is 0 Å². The lowest BCUT2D eigenvalue weighted by molar-refractivity contribution is -0.140. The van der Waals surface area contributed by atoms with E-state index in [1.807, 2.05) is 0 Å². The molecular weight excluding hydrogens is 218 g/mol. The van der Waals surface area contributed by atoms with Gasteiger partial charge in [0, 0.05) is 5.75 Å². The topological polar surface area (TPSA) is 70.8 Å². The third-order valence-corrected chi connectivity index (χ3v) is 3.21. The number of carbonyl (C=O) groups is 2. The molecule has 2 rings (SSSR count). The van der Waals surface area contributed by atoms with Gasteiger partial charge >= 0.3 is 5.97 Å². The SMILES string of the molecule is O=C(O)C1CSCN1C(=O)c1ccoc1. The Balaban J connectivity index is 2.17. The maximum absolute atomic E-state index is 11.8. The number of nitrogens with zero attached hydrogens (tertiary/aromatic N) is 1. The van der Waals surface area contributed by atoms with Crippen molar-refractivity contribution in [2.45, 2.75) is 6.04 Å². The Morgan fingerprint density at radius 2 is 2.40 bits per heavy atom. The Morgan fingerprint density at radius 3 is 3.00 bits per heavy atom. The van der Waals surface area contributed by atoms with Crippen molar-refractivity contribution >= 4 is 23.6 Å². The van der Waals surface area contributed by atoms with Crippen molar-refractivity contribution in [2.24, 2.45) is 0 Å². The highest BCUT2D eigenvalue weighted by molar-refractivity contribution is 7.99. The summed E-state index contributed by atoms with van der Waals surface area (Å²) in [6.07, 6.45) is 2.72. The van der Waals surface area contributed by atoms with Gasteiger partial charge in [-0.2, -0.15) is 0 Å². The van der Waals surface area contributed by atoms with Crippen molar-refractivity contribution in [3.05, 3.63) is 24.2 Å². The Kier molecular flexibility index (Phi) is 2.68. The molecule has 5 nitrogen and oxygen atoms in total. The van der Waals surface area contributed by atoms with Gasteiger partial charge in [0.2, 0.25) is 0 Å². The molecule has 0 spiro atoms. The van der Waals surface area contributed by atoms with Gasteiger partial charge in [-0.05, 0) is 6.07 Å². The average Bonchev–Trinajstić information content (AvgIpc) is 2.88. The van der Waals surface area contributed by atoms with Crippen LogP contribution >= 0.6 is 11.8 Å². The van der Waals surface area contributed by atoms with E-state index in [0.29, 0.717) is 17.2 Å². The van der Waals surface area contributed by atoms with Gasteiger partial charge in [0.05, 0.1) is 17.7 Å². The number of hydrogen-bond acceptors (Lipinski definition) is 4. The molecule has 0 aromatic carbocycles. The minimum atomic E-state index is -0.961. The zero-order valence-electron chi connectivity index (χ0n) is 7.75. The van der Waals surface area contributed by atoms with Crippen molar-refractivity contribution < 1.29 is 19.1 Å². The van der Waals surface area contributed by atoms with Crippen molar-refractivity contribution in [1.82, 2.24) is 4.90 Å². The second kappa shape index (κ2) is 3.98. The van der Waals surface area contributed by atoms with Crippen LogP contribution in [-0.4, -0.2) is 39.6 Å². The van der Waals surface area contributed by atoms with Gasteiger partial charge in [0.25, 0.3) is 5.91 Å². The number of amides is 1. The zero-order chi connectivity index (χ0) is 10.8. The molecule has 1 fully saturated rings. The van der Waals surface area contributed by atoms with Crippen LogP contribution < -0.4 is 0 Å². The van der Waals surface area contributed by atoms with Gasteiger partial charge in [-0.15, -0.1) is 11.8 Å². The zero-order valence-corrected chi connectivity index (χ0v) is 8.57. The molecule has 15 heavy (non-hydrogen) atoms. The number of hydrogen-bond donors (Lipinski definition) is 1. The van der Waals surface area contributed by atoms with Crippen LogP contribution in [0.4, 0.5) is 0 Å². The maximum atomic E-state index is 11.8. The van der Waals surface area contributed by atoms with E-state index in [0.717, 1.165) is 0 Å². The molecule has 2 heterocycles. The fraction of sp³-hybridized carbons (Fsp3) is 0.333. The summed E-state index contributed by atoms with van der Waals surface area (Å²) < 4.78 is 4.79. The predicted octanol–water partition coefficient (Wildman–Crippen LogP) is 0.879. The summed E-state index contributed by atoms with van der Waals surface area (Å²) >= 11 is 1.44. The molecule has 0 aliphatic carbocycles. The Hall–Kier alpha value is -1.43. The lowest BCUT2D eigenvalue weighted by atomic mass is 10.2. The first-order valence-electron chi connectivity index (χ1n) is 4.34. The fourth-order valence-corrected chi connectivity index (χ4v) is 2.54. The van der Waals surface area contributed by atoms with Crippen LogP contribution in [0.5, 0.6) is 0 Å². The summed E-state index contributed by atoms with van der Waals surface area (Å²) in [7, 11) is 0. The molecule has 1 saturated heterocycles. The molecule has 1 N–H and O–H groups in total. The molecule has 1 aromatic rings. The van der Waals surface area contributed by atoms with Gasteiger partial charge < -0.3 is 14.4 Å². The third kappa shape index (κ3) is 1.85. The molecule has 0 saturated carbocycles. The van der Waals surface area contributed by atoms with E-state index in [9.17, 15) is 9.59 Å². The lowest BCUT2D eigenvalue weighted by Gasteiger charge is -2.19.